The molecule has 9 heteroatoms. The number of alkyl carbamates (subject to hydrolysis) is 1. The minimum Gasteiger partial charge on any atom is -0.444 e. The van der Waals surface area contributed by atoms with Gasteiger partial charge in [-0.1, -0.05) is 55.8 Å². The summed E-state index contributed by atoms with van der Waals surface area (Å²) in [4.78, 5) is 25.4. The third kappa shape index (κ3) is 6.86. The van der Waals surface area contributed by atoms with Crippen LogP contribution in [-0.2, 0) is 11.3 Å². The van der Waals surface area contributed by atoms with Crippen LogP contribution in [0.2, 0.25) is 5.02 Å². The van der Waals surface area contributed by atoms with Gasteiger partial charge in [0.1, 0.15) is 5.60 Å². The first-order valence-electron chi connectivity index (χ1n) is 12.0. The Hall–Kier alpha value is -2.84. The predicted octanol–water partition coefficient (Wildman–Crippen LogP) is 4.71. The number of hydrogen-bond donors (Lipinski definition) is 2. The van der Waals surface area contributed by atoms with Gasteiger partial charge in [-0.3, -0.25) is 4.57 Å². The summed E-state index contributed by atoms with van der Waals surface area (Å²) in [7, 11) is 0. The molecule has 0 spiro atoms. The Morgan fingerprint density at radius 3 is 2.49 bits per heavy atom. The maximum absolute atomic E-state index is 13.5. The standard InChI is InChI=1S/C26H36ClN5O3/c1-17(2)23(28-13-10-14-29-24(33)35-26(4,5)6)21-15-20-22(27)18(3)30-32(20)25(34)31(21)16-19-11-8-7-9-12-19/h7-9,11-12,15,17,23,28H,10,13-14,16H2,1-6H3,(H,29,33)/t23-/m1/s1. The SMILES string of the molecule is Cc1nn2c(=O)n(Cc3ccccc3)c([C@H](NCCCNC(=O)OC(C)(C)C)C(C)C)cc2c1Cl. The van der Waals surface area contributed by atoms with Crippen molar-refractivity contribution in [2.45, 2.75) is 66.2 Å². The van der Waals surface area contributed by atoms with E-state index in [4.69, 9.17) is 16.3 Å². The smallest absolute Gasteiger partial charge is 0.407 e. The number of hydrogen-bond acceptors (Lipinski definition) is 5. The van der Waals surface area contributed by atoms with E-state index in [1.54, 1.807) is 11.5 Å². The lowest BCUT2D eigenvalue weighted by Gasteiger charge is -2.26. The van der Waals surface area contributed by atoms with Crippen LogP contribution in [0.15, 0.2) is 41.2 Å². The first-order chi connectivity index (χ1) is 16.5. The molecule has 0 aliphatic rings. The molecule has 3 aromatic rings. The van der Waals surface area contributed by atoms with Gasteiger partial charge in [-0.25, -0.2) is 9.59 Å². The lowest BCUT2D eigenvalue weighted by molar-refractivity contribution is 0.0527. The Balaban J connectivity index is 1.84. The fourth-order valence-corrected chi connectivity index (χ4v) is 4.13. The Bertz CT molecular complexity index is 1210. The van der Waals surface area contributed by atoms with Crippen LogP contribution in [0, 0.1) is 12.8 Å². The van der Waals surface area contributed by atoms with Crippen molar-refractivity contribution in [1.82, 2.24) is 24.8 Å². The molecule has 2 heterocycles. The second-order valence-electron chi connectivity index (χ2n) is 10.1. The average Bonchev–Trinajstić information content (AvgIpc) is 3.06. The van der Waals surface area contributed by atoms with E-state index in [1.165, 1.54) is 4.52 Å². The number of carbonyl (C=O) groups excluding carboxylic acids is 1. The van der Waals surface area contributed by atoms with Gasteiger partial charge < -0.3 is 15.4 Å². The van der Waals surface area contributed by atoms with E-state index in [9.17, 15) is 9.59 Å². The molecule has 0 fully saturated rings. The van der Waals surface area contributed by atoms with Crippen molar-refractivity contribution in [3.8, 4) is 0 Å². The van der Waals surface area contributed by atoms with E-state index >= 15 is 0 Å². The first-order valence-corrected chi connectivity index (χ1v) is 12.4. The third-order valence-electron chi connectivity index (χ3n) is 5.58. The molecule has 0 bridgehead atoms. The second kappa shape index (κ2) is 11.3. The first kappa shape index (κ1) is 26.8. The number of nitrogens with zero attached hydrogens (tertiary/aromatic N) is 3. The number of rotatable bonds is 9. The highest BCUT2D eigenvalue weighted by Crippen LogP contribution is 2.27. The largest absolute Gasteiger partial charge is 0.444 e. The third-order valence-corrected chi connectivity index (χ3v) is 6.05. The number of nitrogens with one attached hydrogen (secondary N) is 2. The lowest BCUT2D eigenvalue weighted by Crippen LogP contribution is -2.37. The van der Waals surface area contributed by atoms with E-state index < -0.39 is 11.7 Å². The van der Waals surface area contributed by atoms with Crippen molar-refractivity contribution in [2.75, 3.05) is 13.1 Å². The zero-order valence-electron chi connectivity index (χ0n) is 21.4. The summed E-state index contributed by atoms with van der Waals surface area (Å²) in [6, 6.07) is 11.7. The second-order valence-corrected chi connectivity index (χ2v) is 10.5. The number of fused-ring (bicyclic) bond motifs is 1. The molecule has 2 aromatic heterocycles. The van der Waals surface area contributed by atoms with Gasteiger partial charge in [-0.15, -0.1) is 0 Å². The van der Waals surface area contributed by atoms with Crippen molar-refractivity contribution in [1.29, 1.82) is 0 Å². The number of ether oxygens (including phenoxy) is 1. The zero-order chi connectivity index (χ0) is 25.8. The van der Waals surface area contributed by atoms with Crippen LogP contribution < -0.4 is 16.3 Å². The van der Waals surface area contributed by atoms with E-state index in [0.717, 1.165) is 11.3 Å². The molecule has 0 radical (unpaired) electrons. The normalized spacial score (nSPS) is 12.8. The van der Waals surface area contributed by atoms with Crippen molar-refractivity contribution in [2.24, 2.45) is 5.92 Å². The van der Waals surface area contributed by atoms with Crippen LogP contribution >= 0.6 is 11.6 Å². The summed E-state index contributed by atoms with van der Waals surface area (Å²) in [5.41, 5.74) is 2.34. The van der Waals surface area contributed by atoms with Gasteiger partial charge in [-0.2, -0.15) is 9.61 Å². The highest BCUT2D eigenvalue weighted by atomic mass is 35.5. The van der Waals surface area contributed by atoms with Crippen LogP contribution in [0.5, 0.6) is 0 Å². The average molecular weight is 502 g/mol. The Morgan fingerprint density at radius 1 is 1.17 bits per heavy atom. The lowest BCUT2D eigenvalue weighted by atomic mass is 9.99. The maximum Gasteiger partial charge on any atom is 0.407 e. The molecule has 0 unspecified atom stereocenters. The number of amides is 1. The molecular weight excluding hydrogens is 466 g/mol. The number of aryl methyl sites for hydroxylation is 1. The van der Waals surface area contributed by atoms with E-state index in [0.29, 0.717) is 42.3 Å². The highest BCUT2D eigenvalue weighted by molar-refractivity contribution is 6.34. The Labute approximate surface area is 211 Å². The van der Waals surface area contributed by atoms with Crippen LogP contribution in [0.25, 0.3) is 5.52 Å². The van der Waals surface area contributed by atoms with Crippen molar-refractivity contribution in [3.05, 3.63) is 68.9 Å². The summed E-state index contributed by atoms with van der Waals surface area (Å²) >= 11 is 6.50. The molecule has 2 N–H and O–H groups in total. The summed E-state index contributed by atoms with van der Waals surface area (Å²) in [5, 5.41) is 11.2. The van der Waals surface area contributed by atoms with Crippen molar-refractivity contribution in [3.63, 3.8) is 0 Å². The van der Waals surface area contributed by atoms with Crippen LogP contribution in [-0.4, -0.2) is 39.0 Å². The molecule has 1 atom stereocenters. The van der Waals surface area contributed by atoms with Gasteiger partial charge in [-0.05, 0) is 58.2 Å². The minimum absolute atomic E-state index is 0.107. The molecule has 1 aromatic carbocycles. The molecule has 0 aliphatic heterocycles. The van der Waals surface area contributed by atoms with Gasteiger partial charge in [0.2, 0.25) is 0 Å². The monoisotopic (exact) mass is 501 g/mol. The number of benzene rings is 1. The summed E-state index contributed by atoms with van der Waals surface area (Å²) < 4.78 is 8.43. The summed E-state index contributed by atoms with van der Waals surface area (Å²) in [6.45, 7) is 13.1. The number of carbonyl (C=O) groups is 1. The van der Waals surface area contributed by atoms with Crippen LogP contribution in [0.1, 0.15) is 64.0 Å². The fourth-order valence-electron chi connectivity index (χ4n) is 3.95. The number of halogens is 1. The Kier molecular flexibility index (Phi) is 8.61. The molecule has 0 aliphatic carbocycles. The summed E-state index contributed by atoms with van der Waals surface area (Å²) in [6.07, 6.45) is 0.283. The zero-order valence-corrected chi connectivity index (χ0v) is 22.1. The molecule has 0 saturated carbocycles. The van der Waals surface area contributed by atoms with Crippen LogP contribution in [0.4, 0.5) is 4.79 Å². The van der Waals surface area contributed by atoms with Gasteiger partial charge in [0.05, 0.1) is 28.8 Å². The topological polar surface area (TPSA) is 89.7 Å². The van der Waals surface area contributed by atoms with E-state index in [2.05, 4.69) is 29.6 Å². The van der Waals surface area contributed by atoms with E-state index in [1.807, 2.05) is 57.2 Å². The quantitative estimate of drug-likeness (QED) is 0.414. The highest BCUT2D eigenvalue weighted by Gasteiger charge is 2.23. The maximum atomic E-state index is 13.5. The number of aromatic nitrogens is 3. The van der Waals surface area contributed by atoms with Crippen molar-refractivity contribution >= 4 is 23.2 Å². The molecule has 35 heavy (non-hydrogen) atoms. The molecule has 8 nitrogen and oxygen atoms in total. The van der Waals surface area contributed by atoms with Crippen molar-refractivity contribution < 1.29 is 9.53 Å². The van der Waals surface area contributed by atoms with Gasteiger partial charge >= 0.3 is 11.8 Å². The molecule has 1 amide bonds. The molecule has 0 saturated heterocycles. The van der Waals surface area contributed by atoms with Crippen LogP contribution in [0.3, 0.4) is 0 Å². The van der Waals surface area contributed by atoms with Gasteiger partial charge in [0, 0.05) is 12.2 Å². The molecule has 190 valence electrons. The van der Waals surface area contributed by atoms with E-state index in [-0.39, 0.29) is 17.6 Å². The molecular formula is C26H36ClN5O3. The predicted molar refractivity (Wildman–Crippen MR) is 139 cm³/mol. The summed E-state index contributed by atoms with van der Waals surface area (Å²) in [5.74, 6) is 0.195. The fraction of sp³-hybridized carbons (Fsp3) is 0.500. The van der Waals surface area contributed by atoms with Gasteiger partial charge in [0.25, 0.3) is 0 Å². The van der Waals surface area contributed by atoms with Gasteiger partial charge in [0.15, 0.2) is 0 Å². The Morgan fingerprint density at radius 2 is 1.86 bits per heavy atom. The molecule has 3 rings (SSSR count). The minimum atomic E-state index is -0.528.